The molecule has 6 heteroatoms. The second-order valence-corrected chi connectivity index (χ2v) is 6.63. The van der Waals surface area contributed by atoms with Gasteiger partial charge in [-0.2, -0.15) is 0 Å². The maximum atomic E-state index is 12.0. The van der Waals surface area contributed by atoms with E-state index in [0.717, 1.165) is 43.2 Å². The van der Waals surface area contributed by atoms with E-state index in [1.54, 1.807) is 11.3 Å². The molecule has 5 nitrogen and oxygen atoms in total. The highest BCUT2D eigenvalue weighted by molar-refractivity contribution is 7.09. The van der Waals surface area contributed by atoms with Crippen molar-refractivity contribution in [3.05, 3.63) is 16.1 Å². The largest absolute Gasteiger partial charge is 0.372 e. The number of hydrogen-bond acceptors (Lipinski definition) is 5. The first-order valence-electron chi connectivity index (χ1n) is 8.20. The minimum absolute atomic E-state index is 0.0631. The summed E-state index contributed by atoms with van der Waals surface area (Å²) >= 11 is 1.66. The summed E-state index contributed by atoms with van der Waals surface area (Å²) in [4.78, 5) is 19.0. The maximum Gasteiger partial charge on any atom is 0.224 e. The van der Waals surface area contributed by atoms with Crippen molar-refractivity contribution in [2.75, 3.05) is 26.2 Å². The lowest BCUT2D eigenvalue weighted by Gasteiger charge is -2.31. The van der Waals surface area contributed by atoms with Crippen LogP contribution in [-0.2, 0) is 16.1 Å². The molecule has 2 rings (SSSR count). The van der Waals surface area contributed by atoms with Crippen LogP contribution in [0.4, 0.5) is 0 Å². The molecule has 1 saturated heterocycles. The zero-order valence-corrected chi connectivity index (χ0v) is 14.6. The molecule has 2 atom stereocenters. The quantitative estimate of drug-likeness (QED) is 0.837. The zero-order valence-electron chi connectivity index (χ0n) is 13.8. The summed E-state index contributed by atoms with van der Waals surface area (Å²) in [7, 11) is 0. The number of nitrogens with zero attached hydrogens (tertiary/aromatic N) is 2. The molecule has 0 radical (unpaired) electrons. The molecule has 1 N–H and O–H groups in total. The number of hydrogen-bond donors (Lipinski definition) is 1. The fraction of sp³-hybridized carbons (Fsp3) is 0.750. The van der Waals surface area contributed by atoms with E-state index in [9.17, 15) is 4.79 Å². The molecule has 124 valence electrons. The molecule has 2 heterocycles. The third-order valence-electron chi connectivity index (χ3n) is 3.95. The van der Waals surface area contributed by atoms with Gasteiger partial charge >= 0.3 is 0 Å². The van der Waals surface area contributed by atoms with Crippen molar-refractivity contribution < 1.29 is 9.53 Å². The van der Waals surface area contributed by atoms with E-state index in [4.69, 9.17) is 4.74 Å². The first kappa shape index (κ1) is 17.4. The highest BCUT2D eigenvalue weighted by Crippen LogP contribution is 2.23. The van der Waals surface area contributed by atoms with Crippen molar-refractivity contribution >= 4 is 17.2 Å². The summed E-state index contributed by atoms with van der Waals surface area (Å²) in [6, 6.07) is 0. The number of carbonyl (C=O) groups is 1. The molecule has 0 unspecified atom stereocenters. The van der Waals surface area contributed by atoms with Crippen LogP contribution in [0.3, 0.4) is 0 Å². The van der Waals surface area contributed by atoms with E-state index in [-0.39, 0.29) is 17.9 Å². The van der Waals surface area contributed by atoms with E-state index in [1.165, 1.54) is 0 Å². The number of ether oxygens (including phenoxy) is 1. The Morgan fingerprint density at radius 3 is 3.14 bits per heavy atom. The average molecular weight is 325 g/mol. The van der Waals surface area contributed by atoms with Gasteiger partial charge < -0.3 is 10.1 Å². The average Bonchev–Trinajstić information content (AvgIpc) is 2.97. The van der Waals surface area contributed by atoms with Crippen LogP contribution in [0, 0.1) is 5.92 Å². The Hall–Kier alpha value is -0.980. The van der Waals surface area contributed by atoms with Crippen LogP contribution < -0.4 is 5.32 Å². The van der Waals surface area contributed by atoms with Crippen LogP contribution in [0.1, 0.15) is 50.4 Å². The lowest BCUT2D eigenvalue weighted by molar-refractivity contribution is -0.126. The smallest absolute Gasteiger partial charge is 0.224 e. The lowest BCUT2D eigenvalue weighted by Crippen LogP contribution is -2.42. The number of thiazole rings is 1. The minimum Gasteiger partial charge on any atom is -0.372 e. The van der Waals surface area contributed by atoms with Gasteiger partial charge in [-0.05, 0) is 40.2 Å². The van der Waals surface area contributed by atoms with Crippen LogP contribution in [-0.4, -0.2) is 42.0 Å². The van der Waals surface area contributed by atoms with Gasteiger partial charge in [-0.3, -0.25) is 9.69 Å². The Bertz CT molecular complexity index is 478. The normalized spacial score (nSPS) is 20.8. The van der Waals surface area contributed by atoms with E-state index in [2.05, 4.69) is 20.6 Å². The van der Waals surface area contributed by atoms with Crippen LogP contribution in [0.25, 0.3) is 0 Å². The molecular weight excluding hydrogens is 298 g/mol. The van der Waals surface area contributed by atoms with Crippen molar-refractivity contribution in [3.63, 3.8) is 0 Å². The highest BCUT2D eigenvalue weighted by Gasteiger charge is 2.25. The zero-order chi connectivity index (χ0) is 15.9. The minimum atomic E-state index is 0.0631. The van der Waals surface area contributed by atoms with Gasteiger partial charge in [-0.1, -0.05) is 0 Å². The van der Waals surface area contributed by atoms with Gasteiger partial charge in [0.25, 0.3) is 0 Å². The van der Waals surface area contributed by atoms with Crippen molar-refractivity contribution in [2.45, 2.75) is 46.3 Å². The monoisotopic (exact) mass is 325 g/mol. The number of rotatable bonds is 7. The van der Waals surface area contributed by atoms with Gasteiger partial charge in [-0.15, -0.1) is 11.3 Å². The van der Waals surface area contributed by atoms with Crippen LogP contribution in [0.2, 0.25) is 0 Å². The Labute approximate surface area is 137 Å². The number of piperidine rings is 1. The molecule has 1 aromatic rings. The Kier molecular flexibility index (Phi) is 6.79. The van der Waals surface area contributed by atoms with Gasteiger partial charge in [0.2, 0.25) is 5.91 Å². The number of aromatic nitrogens is 1. The molecule has 0 saturated carbocycles. The third kappa shape index (κ3) is 4.76. The van der Waals surface area contributed by atoms with Crippen LogP contribution >= 0.6 is 11.3 Å². The van der Waals surface area contributed by atoms with Crippen molar-refractivity contribution in [1.82, 2.24) is 15.2 Å². The Morgan fingerprint density at radius 1 is 1.59 bits per heavy atom. The Morgan fingerprint density at radius 2 is 2.41 bits per heavy atom. The molecule has 1 fully saturated rings. The second-order valence-electron chi connectivity index (χ2n) is 5.74. The molecule has 1 aliphatic rings. The summed E-state index contributed by atoms with van der Waals surface area (Å²) in [5.41, 5.74) is 1.09. The topological polar surface area (TPSA) is 54.5 Å². The summed E-state index contributed by atoms with van der Waals surface area (Å²) in [6.45, 7) is 10.1. The molecule has 0 bridgehead atoms. The van der Waals surface area contributed by atoms with Gasteiger partial charge in [0.05, 0.1) is 11.6 Å². The molecule has 0 aliphatic carbocycles. The predicted octanol–water partition coefficient (Wildman–Crippen LogP) is 2.59. The number of nitrogens with one attached hydrogen (secondary N) is 1. The molecule has 22 heavy (non-hydrogen) atoms. The van der Waals surface area contributed by atoms with Gasteiger partial charge in [0, 0.05) is 31.6 Å². The predicted molar refractivity (Wildman–Crippen MR) is 88.8 cm³/mol. The van der Waals surface area contributed by atoms with E-state index < -0.39 is 0 Å². The van der Waals surface area contributed by atoms with E-state index >= 15 is 0 Å². The SMILES string of the molecule is CCNC(=O)[C@H]1CCCN(Cc2csc([C@H](C)OCC)n2)C1. The first-order valence-corrected chi connectivity index (χ1v) is 9.08. The summed E-state index contributed by atoms with van der Waals surface area (Å²) < 4.78 is 5.59. The number of carbonyl (C=O) groups excluding carboxylic acids is 1. The molecule has 0 aromatic carbocycles. The second kappa shape index (κ2) is 8.60. The van der Waals surface area contributed by atoms with E-state index in [1.807, 2.05) is 20.8 Å². The Balaban J connectivity index is 1.89. The molecule has 1 aliphatic heterocycles. The van der Waals surface area contributed by atoms with Crippen molar-refractivity contribution in [3.8, 4) is 0 Å². The van der Waals surface area contributed by atoms with Gasteiger partial charge in [0.1, 0.15) is 11.1 Å². The first-order chi connectivity index (χ1) is 10.6. The molecular formula is C16H27N3O2S. The van der Waals surface area contributed by atoms with Gasteiger partial charge in [0.15, 0.2) is 0 Å². The standard InChI is InChI=1S/C16H27N3O2S/c1-4-17-15(20)13-7-6-8-19(9-13)10-14-11-22-16(18-14)12(3)21-5-2/h11-13H,4-10H2,1-3H3,(H,17,20)/t12-,13-/m0/s1. The molecule has 1 amide bonds. The fourth-order valence-electron chi connectivity index (χ4n) is 2.86. The summed E-state index contributed by atoms with van der Waals surface area (Å²) in [6.07, 6.45) is 2.13. The number of amides is 1. The summed E-state index contributed by atoms with van der Waals surface area (Å²) in [5.74, 6) is 0.310. The molecule has 1 aromatic heterocycles. The van der Waals surface area contributed by atoms with Gasteiger partial charge in [-0.25, -0.2) is 4.98 Å². The number of likely N-dealkylation sites (tertiary alicyclic amines) is 1. The highest BCUT2D eigenvalue weighted by atomic mass is 32.1. The molecule has 0 spiro atoms. The fourth-order valence-corrected chi connectivity index (χ4v) is 3.68. The maximum absolute atomic E-state index is 12.0. The van der Waals surface area contributed by atoms with Crippen LogP contribution in [0.5, 0.6) is 0 Å². The summed E-state index contributed by atoms with van der Waals surface area (Å²) in [5, 5.41) is 6.08. The third-order valence-corrected chi connectivity index (χ3v) is 5.00. The van der Waals surface area contributed by atoms with Crippen molar-refractivity contribution in [2.24, 2.45) is 5.92 Å². The van der Waals surface area contributed by atoms with E-state index in [0.29, 0.717) is 13.2 Å². The van der Waals surface area contributed by atoms with Crippen molar-refractivity contribution in [1.29, 1.82) is 0 Å². The lowest BCUT2D eigenvalue weighted by atomic mass is 9.97. The van der Waals surface area contributed by atoms with Crippen LogP contribution in [0.15, 0.2) is 5.38 Å².